The molecule has 2 aromatic rings. The van der Waals surface area contributed by atoms with Crippen LogP contribution in [-0.4, -0.2) is 51.8 Å². The highest BCUT2D eigenvalue weighted by atomic mass is 31.2. The molecular weight excluding hydrogens is 613 g/mol. The first-order valence-electron chi connectivity index (χ1n) is 13.4. The number of benzene rings is 2. The number of rotatable bonds is 10. The Hall–Kier alpha value is -3.11. The molecule has 0 aliphatic heterocycles. The van der Waals surface area contributed by atoms with Gasteiger partial charge in [0.15, 0.2) is 0 Å². The number of halogens is 6. The van der Waals surface area contributed by atoms with Gasteiger partial charge in [0.1, 0.15) is 5.66 Å². The zero-order chi connectivity index (χ0) is 34.1. The van der Waals surface area contributed by atoms with Gasteiger partial charge in [0.25, 0.3) is 0 Å². The quantitative estimate of drug-likeness (QED) is 0.111. The van der Waals surface area contributed by atoms with Gasteiger partial charge in [-0.25, -0.2) is 4.79 Å². The maximum Gasteiger partial charge on any atom is 0.416 e. The molecule has 0 aliphatic carbocycles. The highest BCUT2D eigenvalue weighted by molar-refractivity contribution is 7.64. The Morgan fingerprint density at radius 2 is 1.36 bits per heavy atom. The summed E-state index contributed by atoms with van der Waals surface area (Å²) in [5.41, 5.74) is -3.03. The van der Waals surface area contributed by atoms with Crippen LogP contribution in [0.15, 0.2) is 60.2 Å². The Bertz CT molecular complexity index is 1300. The number of hydrogen-bond acceptors (Lipinski definition) is 6. The lowest BCUT2D eigenvalue weighted by atomic mass is 9.79. The molecular formula is C31H39F6O6P. The van der Waals surface area contributed by atoms with Crippen molar-refractivity contribution >= 4 is 19.1 Å². The average Bonchev–Trinajstić information content (AvgIpc) is 2.96. The van der Waals surface area contributed by atoms with E-state index in [1.807, 2.05) is 25.1 Å². The number of carbonyl (C=O) groups is 2. The van der Waals surface area contributed by atoms with Crippen LogP contribution >= 0.6 is 7.14 Å². The largest absolute Gasteiger partial charge is 0.468 e. The van der Waals surface area contributed by atoms with Gasteiger partial charge in [0.2, 0.25) is 0 Å². The van der Waals surface area contributed by atoms with Crippen LogP contribution in [0.5, 0.6) is 0 Å². The highest BCUT2D eigenvalue weighted by Gasteiger charge is 2.37. The Morgan fingerprint density at radius 3 is 1.75 bits per heavy atom. The summed E-state index contributed by atoms with van der Waals surface area (Å²) in [5, 5.41) is 0. The predicted octanol–water partition coefficient (Wildman–Crippen LogP) is 8.44. The Labute approximate surface area is 254 Å². The number of methoxy groups -OCH3 is 2. The molecule has 1 unspecified atom stereocenters. The highest BCUT2D eigenvalue weighted by Crippen LogP contribution is 2.42. The lowest BCUT2D eigenvalue weighted by molar-refractivity contribution is -0.143. The molecule has 0 saturated heterocycles. The van der Waals surface area contributed by atoms with E-state index in [9.17, 15) is 40.5 Å². The van der Waals surface area contributed by atoms with Gasteiger partial charge in [-0.1, -0.05) is 43.3 Å². The number of alkyl halides is 6. The zero-order valence-corrected chi connectivity index (χ0v) is 26.8. The van der Waals surface area contributed by atoms with Gasteiger partial charge < -0.3 is 18.8 Å². The van der Waals surface area contributed by atoms with Gasteiger partial charge in [-0.3, -0.25) is 4.79 Å². The van der Waals surface area contributed by atoms with E-state index < -0.39 is 59.7 Å². The van der Waals surface area contributed by atoms with E-state index in [4.69, 9.17) is 9.47 Å². The Balaban J connectivity index is 0.000000828. The normalized spacial score (nSPS) is 15.3. The number of ether oxygens (including phenoxy) is 3. The minimum absolute atomic E-state index is 0.0271. The van der Waals surface area contributed by atoms with Gasteiger partial charge >= 0.3 is 24.3 Å². The summed E-state index contributed by atoms with van der Waals surface area (Å²) in [6.07, 6.45) is -8.95. The standard InChI is InChI=1S/C25H26F6O3.C6H13O3P/c1-16(22(32)33-4)10-11-23(3,19-8-6-5-7-9-19)15-34-17(2)18-12-20(24(26,27)28)14-21(13-18)25(29,30)31;1-5(6(7)9-2)10(3,4)8/h5-10,12-14,17H,11,15H2,1-4H3;5H,1-4H3/b16-10-;/t17-,23+;/m1./s1. The molecule has 0 heterocycles. The Kier molecular flexibility index (Phi) is 13.9. The maximum atomic E-state index is 13.2. The molecule has 0 N–H and O–H groups in total. The summed E-state index contributed by atoms with van der Waals surface area (Å²) in [6.45, 7) is 9.57. The lowest BCUT2D eigenvalue weighted by Crippen LogP contribution is -2.29. The second-order valence-corrected chi connectivity index (χ2v) is 14.6. The molecule has 2 rings (SSSR count). The molecule has 3 atom stereocenters. The summed E-state index contributed by atoms with van der Waals surface area (Å²) in [5.74, 6) is -0.901. The molecule has 6 nitrogen and oxygen atoms in total. The van der Waals surface area contributed by atoms with Crippen molar-refractivity contribution in [3.05, 3.63) is 82.4 Å². The van der Waals surface area contributed by atoms with Crippen molar-refractivity contribution in [3.63, 3.8) is 0 Å². The minimum Gasteiger partial charge on any atom is -0.468 e. The van der Waals surface area contributed by atoms with Crippen LogP contribution in [0.25, 0.3) is 0 Å². The van der Waals surface area contributed by atoms with E-state index >= 15 is 0 Å². The maximum absolute atomic E-state index is 13.2. The summed E-state index contributed by atoms with van der Waals surface area (Å²) < 4.78 is 105. The summed E-state index contributed by atoms with van der Waals surface area (Å²) >= 11 is 0. The molecule has 0 bridgehead atoms. The van der Waals surface area contributed by atoms with Crippen molar-refractivity contribution in [2.24, 2.45) is 0 Å². The molecule has 0 saturated carbocycles. The van der Waals surface area contributed by atoms with Gasteiger partial charge in [-0.05, 0) is 69.8 Å². The first-order chi connectivity index (χ1) is 20.1. The van der Waals surface area contributed by atoms with Crippen molar-refractivity contribution in [3.8, 4) is 0 Å². The van der Waals surface area contributed by atoms with Crippen molar-refractivity contribution in [2.45, 2.75) is 63.6 Å². The molecule has 0 aliphatic rings. The van der Waals surface area contributed by atoms with Crippen LogP contribution in [0.2, 0.25) is 0 Å². The van der Waals surface area contributed by atoms with E-state index in [0.717, 1.165) is 5.56 Å². The van der Waals surface area contributed by atoms with Gasteiger partial charge in [-0.15, -0.1) is 0 Å². The molecule has 44 heavy (non-hydrogen) atoms. The molecule has 0 fully saturated rings. The number of allylic oxidation sites excluding steroid dienone is 1. The second kappa shape index (κ2) is 15.8. The number of carbonyl (C=O) groups excluding carboxylic acids is 2. The minimum atomic E-state index is -4.94. The Morgan fingerprint density at radius 1 is 0.864 bits per heavy atom. The fourth-order valence-electron chi connectivity index (χ4n) is 3.77. The third-order valence-electron chi connectivity index (χ3n) is 7.04. The number of hydrogen-bond donors (Lipinski definition) is 0. The average molecular weight is 653 g/mol. The predicted molar refractivity (Wildman–Crippen MR) is 156 cm³/mol. The topological polar surface area (TPSA) is 78.9 Å². The second-order valence-electron chi connectivity index (χ2n) is 10.9. The van der Waals surface area contributed by atoms with Crippen molar-refractivity contribution < 1.29 is 54.7 Å². The fourth-order valence-corrected chi connectivity index (χ4v) is 4.38. The molecule has 2 aromatic carbocycles. The van der Waals surface area contributed by atoms with Crippen molar-refractivity contribution in [2.75, 3.05) is 34.2 Å². The molecule has 13 heteroatoms. The third-order valence-corrected chi connectivity index (χ3v) is 9.12. The van der Waals surface area contributed by atoms with E-state index in [1.54, 1.807) is 45.4 Å². The van der Waals surface area contributed by atoms with Crippen molar-refractivity contribution in [1.29, 1.82) is 0 Å². The molecule has 0 amide bonds. The zero-order valence-electron chi connectivity index (χ0n) is 25.9. The smallest absolute Gasteiger partial charge is 0.416 e. The summed E-state index contributed by atoms with van der Waals surface area (Å²) in [4.78, 5) is 22.5. The van der Waals surface area contributed by atoms with Crippen LogP contribution in [0.3, 0.4) is 0 Å². The van der Waals surface area contributed by atoms with Gasteiger partial charge in [-0.2, -0.15) is 26.3 Å². The lowest BCUT2D eigenvalue weighted by Gasteiger charge is -2.31. The van der Waals surface area contributed by atoms with E-state index in [-0.39, 0.29) is 18.2 Å². The van der Waals surface area contributed by atoms with Crippen LogP contribution in [0.1, 0.15) is 62.5 Å². The van der Waals surface area contributed by atoms with E-state index in [1.165, 1.54) is 21.1 Å². The van der Waals surface area contributed by atoms with Crippen LogP contribution in [-0.2, 0) is 46.1 Å². The monoisotopic (exact) mass is 652 g/mol. The van der Waals surface area contributed by atoms with Gasteiger partial charge in [0, 0.05) is 11.0 Å². The van der Waals surface area contributed by atoms with E-state index in [2.05, 4.69) is 4.74 Å². The van der Waals surface area contributed by atoms with Gasteiger partial charge in [0.05, 0.1) is 45.2 Å². The first kappa shape index (κ1) is 38.9. The van der Waals surface area contributed by atoms with E-state index in [0.29, 0.717) is 24.1 Å². The van der Waals surface area contributed by atoms with Crippen LogP contribution in [0, 0.1) is 0 Å². The third kappa shape index (κ3) is 11.8. The van der Waals surface area contributed by atoms with Crippen LogP contribution in [0.4, 0.5) is 26.3 Å². The fraction of sp³-hybridized carbons (Fsp3) is 0.484. The summed E-state index contributed by atoms with van der Waals surface area (Å²) in [6, 6.07) is 10.5. The number of esters is 2. The summed E-state index contributed by atoms with van der Waals surface area (Å²) in [7, 11) is 0.251. The molecule has 0 radical (unpaired) electrons. The van der Waals surface area contributed by atoms with Crippen LogP contribution < -0.4 is 0 Å². The molecule has 246 valence electrons. The molecule has 0 spiro atoms. The first-order valence-corrected chi connectivity index (χ1v) is 16.1. The SMILES string of the molecule is COC(=O)/C(C)=C\C[C@@](C)(CO[C@H](C)c1cc(C(F)(F)F)cc(C(F)(F)F)c1)c1ccccc1.COC(=O)C(C)P(C)(C)=O. The van der Waals surface area contributed by atoms with Crippen molar-refractivity contribution in [1.82, 2.24) is 0 Å². The molecule has 0 aromatic heterocycles.